The van der Waals surface area contributed by atoms with E-state index in [0.29, 0.717) is 5.82 Å². The third-order valence-corrected chi connectivity index (χ3v) is 3.28. The number of rotatable bonds is 3. The Morgan fingerprint density at radius 1 is 1.24 bits per heavy atom. The number of nitrogens with zero attached hydrogens (tertiary/aromatic N) is 3. The van der Waals surface area contributed by atoms with Gasteiger partial charge in [0.25, 0.3) is 0 Å². The van der Waals surface area contributed by atoms with Crippen LogP contribution in [0.1, 0.15) is 25.7 Å². The highest BCUT2D eigenvalue weighted by molar-refractivity contribution is 5.93. The van der Waals surface area contributed by atoms with Gasteiger partial charge in [-0.15, -0.1) is 10.2 Å². The highest BCUT2D eigenvalue weighted by Crippen LogP contribution is 2.30. The van der Waals surface area contributed by atoms with Crippen LogP contribution in [0.3, 0.4) is 0 Å². The first kappa shape index (κ1) is 10.5. The first-order chi connectivity index (χ1) is 8.33. The van der Waals surface area contributed by atoms with Gasteiger partial charge in [-0.05, 0) is 37.8 Å². The Labute approximate surface area is 100 Å². The molecule has 1 aliphatic heterocycles. The zero-order valence-corrected chi connectivity index (χ0v) is 9.72. The molecule has 1 N–H and O–H groups in total. The summed E-state index contributed by atoms with van der Waals surface area (Å²) in [6, 6.07) is 3.77. The van der Waals surface area contributed by atoms with Crippen LogP contribution in [-0.4, -0.2) is 29.2 Å². The smallest absolute Gasteiger partial charge is 0.228 e. The number of aromatic nitrogens is 2. The van der Waals surface area contributed by atoms with Crippen molar-refractivity contribution in [1.29, 1.82) is 0 Å². The van der Waals surface area contributed by atoms with Crippen molar-refractivity contribution in [2.75, 3.05) is 23.3 Å². The van der Waals surface area contributed by atoms with Gasteiger partial charge in [-0.2, -0.15) is 0 Å². The highest BCUT2D eigenvalue weighted by Gasteiger charge is 2.29. The van der Waals surface area contributed by atoms with Crippen LogP contribution in [0.5, 0.6) is 0 Å². The summed E-state index contributed by atoms with van der Waals surface area (Å²) in [6.07, 6.45) is 4.46. The molecular weight excluding hydrogens is 216 g/mol. The van der Waals surface area contributed by atoms with Gasteiger partial charge in [-0.1, -0.05) is 0 Å². The summed E-state index contributed by atoms with van der Waals surface area (Å²) in [5.41, 5.74) is 0. The third-order valence-electron chi connectivity index (χ3n) is 3.28. The lowest BCUT2D eigenvalue weighted by Gasteiger charge is -2.15. The van der Waals surface area contributed by atoms with E-state index in [0.717, 1.165) is 31.7 Å². The minimum absolute atomic E-state index is 0.0771. The van der Waals surface area contributed by atoms with Gasteiger partial charge in [0.1, 0.15) is 0 Å². The minimum Gasteiger partial charge on any atom is -0.355 e. The predicted octanol–water partition coefficient (Wildman–Crippen LogP) is 1.43. The number of hydrogen-bond donors (Lipinski definition) is 1. The molecule has 0 radical (unpaired) electrons. The van der Waals surface area contributed by atoms with Crippen molar-refractivity contribution in [3.63, 3.8) is 0 Å². The SMILES string of the molecule is O=C(Nc1ccc(N2CCCC2)nn1)C1CC1. The molecule has 0 aromatic carbocycles. The van der Waals surface area contributed by atoms with Crippen molar-refractivity contribution in [1.82, 2.24) is 10.2 Å². The van der Waals surface area contributed by atoms with Crippen LogP contribution in [0, 0.1) is 5.92 Å². The number of carbonyl (C=O) groups excluding carboxylic acids is 1. The molecule has 2 aliphatic rings. The van der Waals surface area contributed by atoms with E-state index in [1.165, 1.54) is 12.8 Å². The monoisotopic (exact) mass is 232 g/mol. The molecule has 5 heteroatoms. The van der Waals surface area contributed by atoms with E-state index in [1.54, 1.807) is 0 Å². The van der Waals surface area contributed by atoms with Crippen LogP contribution in [-0.2, 0) is 4.79 Å². The summed E-state index contributed by atoms with van der Waals surface area (Å²) in [5, 5.41) is 11.0. The van der Waals surface area contributed by atoms with Crippen molar-refractivity contribution in [2.45, 2.75) is 25.7 Å². The molecule has 2 fully saturated rings. The van der Waals surface area contributed by atoms with E-state index in [-0.39, 0.29) is 11.8 Å². The molecule has 5 nitrogen and oxygen atoms in total. The topological polar surface area (TPSA) is 58.1 Å². The Morgan fingerprint density at radius 3 is 2.59 bits per heavy atom. The molecular formula is C12H16N4O. The van der Waals surface area contributed by atoms with Gasteiger partial charge in [0.2, 0.25) is 5.91 Å². The number of amides is 1. The number of hydrogen-bond acceptors (Lipinski definition) is 4. The van der Waals surface area contributed by atoms with Crippen LogP contribution in [0.15, 0.2) is 12.1 Å². The zero-order chi connectivity index (χ0) is 11.7. The van der Waals surface area contributed by atoms with E-state index < -0.39 is 0 Å². The number of carbonyl (C=O) groups is 1. The fourth-order valence-electron chi connectivity index (χ4n) is 2.08. The van der Waals surface area contributed by atoms with Gasteiger partial charge in [0.15, 0.2) is 11.6 Å². The summed E-state index contributed by atoms with van der Waals surface area (Å²) < 4.78 is 0. The number of anilines is 2. The molecule has 1 saturated carbocycles. The molecule has 1 amide bonds. The van der Waals surface area contributed by atoms with E-state index in [2.05, 4.69) is 20.4 Å². The average molecular weight is 232 g/mol. The molecule has 1 aliphatic carbocycles. The average Bonchev–Trinajstić information content (AvgIpc) is 3.07. The predicted molar refractivity (Wildman–Crippen MR) is 64.8 cm³/mol. The largest absolute Gasteiger partial charge is 0.355 e. The lowest BCUT2D eigenvalue weighted by molar-refractivity contribution is -0.117. The van der Waals surface area contributed by atoms with E-state index >= 15 is 0 Å². The highest BCUT2D eigenvalue weighted by atomic mass is 16.2. The maximum atomic E-state index is 11.5. The Kier molecular flexibility index (Phi) is 2.66. The summed E-state index contributed by atoms with van der Waals surface area (Å²) in [7, 11) is 0. The third kappa shape index (κ3) is 2.38. The van der Waals surface area contributed by atoms with Crippen LogP contribution in [0.25, 0.3) is 0 Å². The zero-order valence-electron chi connectivity index (χ0n) is 9.72. The van der Waals surface area contributed by atoms with Crippen LogP contribution in [0.2, 0.25) is 0 Å². The van der Waals surface area contributed by atoms with Gasteiger partial charge in [-0.25, -0.2) is 0 Å². The second-order valence-electron chi connectivity index (χ2n) is 4.73. The van der Waals surface area contributed by atoms with Gasteiger partial charge in [0, 0.05) is 19.0 Å². The Hall–Kier alpha value is -1.65. The molecule has 1 aromatic rings. The molecule has 90 valence electrons. The second kappa shape index (κ2) is 4.31. The van der Waals surface area contributed by atoms with Crippen LogP contribution < -0.4 is 10.2 Å². The van der Waals surface area contributed by atoms with Gasteiger partial charge in [-0.3, -0.25) is 4.79 Å². The molecule has 0 spiro atoms. The fourth-order valence-corrected chi connectivity index (χ4v) is 2.08. The van der Waals surface area contributed by atoms with E-state index in [4.69, 9.17) is 0 Å². The van der Waals surface area contributed by atoms with E-state index in [1.807, 2.05) is 12.1 Å². The summed E-state index contributed by atoms with van der Waals surface area (Å²) in [4.78, 5) is 13.7. The normalized spacial score (nSPS) is 19.4. The van der Waals surface area contributed by atoms with Crippen molar-refractivity contribution < 1.29 is 4.79 Å². The summed E-state index contributed by atoms with van der Waals surface area (Å²) >= 11 is 0. The first-order valence-electron chi connectivity index (χ1n) is 6.22. The first-order valence-corrected chi connectivity index (χ1v) is 6.22. The Morgan fingerprint density at radius 2 is 2.00 bits per heavy atom. The second-order valence-corrected chi connectivity index (χ2v) is 4.73. The summed E-state index contributed by atoms with van der Waals surface area (Å²) in [6.45, 7) is 2.12. The van der Waals surface area contributed by atoms with Gasteiger partial charge < -0.3 is 10.2 Å². The number of nitrogens with one attached hydrogen (secondary N) is 1. The lowest BCUT2D eigenvalue weighted by atomic mass is 10.4. The molecule has 1 saturated heterocycles. The van der Waals surface area contributed by atoms with Crippen molar-refractivity contribution in [3.8, 4) is 0 Å². The molecule has 0 atom stereocenters. The van der Waals surface area contributed by atoms with Crippen LogP contribution >= 0.6 is 0 Å². The van der Waals surface area contributed by atoms with Gasteiger partial charge >= 0.3 is 0 Å². The summed E-state index contributed by atoms with van der Waals surface area (Å²) in [5.74, 6) is 1.75. The Balaban J connectivity index is 1.64. The molecule has 0 bridgehead atoms. The minimum atomic E-state index is 0.0771. The standard InChI is InChI=1S/C12H16N4O/c17-12(9-3-4-9)13-10-5-6-11(15-14-10)16-7-1-2-8-16/h5-6,9H,1-4,7-8H2,(H,13,14,17). The molecule has 0 unspecified atom stereocenters. The lowest BCUT2D eigenvalue weighted by Crippen LogP contribution is -2.20. The maximum absolute atomic E-state index is 11.5. The maximum Gasteiger partial charge on any atom is 0.228 e. The van der Waals surface area contributed by atoms with Crippen molar-refractivity contribution in [2.24, 2.45) is 5.92 Å². The van der Waals surface area contributed by atoms with Crippen LogP contribution in [0.4, 0.5) is 11.6 Å². The van der Waals surface area contributed by atoms with Crippen molar-refractivity contribution >= 4 is 17.5 Å². The van der Waals surface area contributed by atoms with E-state index in [9.17, 15) is 4.79 Å². The molecule has 1 aromatic heterocycles. The van der Waals surface area contributed by atoms with Crippen molar-refractivity contribution in [3.05, 3.63) is 12.1 Å². The molecule has 17 heavy (non-hydrogen) atoms. The quantitative estimate of drug-likeness (QED) is 0.856. The fraction of sp³-hybridized carbons (Fsp3) is 0.583. The Bertz CT molecular complexity index is 407. The molecule has 2 heterocycles. The molecule has 3 rings (SSSR count). The van der Waals surface area contributed by atoms with Gasteiger partial charge in [0.05, 0.1) is 0 Å².